The second-order valence-corrected chi connectivity index (χ2v) is 5.15. The molecule has 0 spiro atoms. The van der Waals surface area contributed by atoms with E-state index in [9.17, 15) is 14.4 Å². The molecule has 2 N–H and O–H groups in total. The van der Waals surface area contributed by atoms with E-state index in [1.54, 1.807) is 30.9 Å². The van der Waals surface area contributed by atoms with E-state index < -0.39 is 11.2 Å². The Morgan fingerprint density at radius 1 is 1.48 bits per heavy atom. The molecule has 0 aliphatic carbocycles. The van der Waals surface area contributed by atoms with Crippen LogP contribution in [0.1, 0.15) is 17.3 Å². The van der Waals surface area contributed by atoms with Gasteiger partial charge in [0.1, 0.15) is 6.54 Å². The SMILES string of the molecule is COC[C@@H](NC(=O)Cn1cc(C)c(=O)[nH]c1=O)c1ccnn1C. The molecule has 1 atom stereocenters. The predicted octanol–water partition coefficient (Wildman–Crippen LogP) is -0.918. The summed E-state index contributed by atoms with van der Waals surface area (Å²) in [6.07, 6.45) is 2.98. The average molecular weight is 321 g/mol. The number of carbonyl (C=O) groups is 1. The molecule has 23 heavy (non-hydrogen) atoms. The largest absolute Gasteiger partial charge is 0.382 e. The standard InChI is InChI=1S/C14H19N5O4/c1-9-6-19(14(22)17-13(9)21)7-12(20)16-10(8-23-3)11-4-5-15-18(11)2/h4-6,10H,7-8H2,1-3H3,(H,16,20)(H,17,21,22)/t10-/m1/s1. The number of rotatable bonds is 6. The van der Waals surface area contributed by atoms with Crippen LogP contribution >= 0.6 is 0 Å². The molecule has 1 amide bonds. The highest BCUT2D eigenvalue weighted by Crippen LogP contribution is 2.11. The summed E-state index contributed by atoms with van der Waals surface area (Å²) in [5, 5.41) is 6.86. The number of H-pyrrole nitrogens is 1. The number of ether oxygens (including phenoxy) is 1. The van der Waals surface area contributed by atoms with Crippen molar-refractivity contribution in [1.82, 2.24) is 24.6 Å². The minimum absolute atomic E-state index is 0.200. The van der Waals surface area contributed by atoms with Crippen LogP contribution in [0.25, 0.3) is 0 Å². The van der Waals surface area contributed by atoms with Crippen molar-refractivity contribution in [2.24, 2.45) is 7.05 Å². The molecule has 0 bridgehead atoms. The molecule has 0 saturated heterocycles. The summed E-state index contributed by atoms with van der Waals surface area (Å²) in [7, 11) is 3.30. The summed E-state index contributed by atoms with van der Waals surface area (Å²) in [6.45, 7) is 1.63. The number of aromatic amines is 1. The van der Waals surface area contributed by atoms with E-state index in [2.05, 4.69) is 15.4 Å². The summed E-state index contributed by atoms with van der Waals surface area (Å²) in [5.74, 6) is -0.373. The maximum atomic E-state index is 12.2. The Balaban J connectivity index is 2.14. The minimum atomic E-state index is -0.625. The molecule has 2 aromatic heterocycles. The van der Waals surface area contributed by atoms with Crippen LogP contribution in [0, 0.1) is 6.92 Å². The number of hydrogen-bond acceptors (Lipinski definition) is 5. The normalized spacial score (nSPS) is 12.1. The lowest BCUT2D eigenvalue weighted by molar-refractivity contribution is -0.122. The molecule has 0 aliphatic rings. The fraction of sp³-hybridized carbons (Fsp3) is 0.429. The molecule has 0 radical (unpaired) electrons. The van der Waals surface area contributed by atoms with Crippen LogP contribution in [0.15, 0.2) is 28.0 Å². The molecule has 2 heterocycles. The number of methoxy groups -OCH3 is 1. The first-order valence-corrected chi connectivity index (χ1v) is 6.99. The second-order valence-electron chi connectivity index (χ2n) is 5.15. The van der Waals surface area contributed by atoms with Crippen LogP contribution in [0.2, 0.25) is 0 Å². The van der Waals surface area contributed by atoms with Gasteiger partial charge < -0.3 is 10.1 Å². The zero-order valence-corrected chi connectivity index (χ0v) is 13.2. The number of carbonyl (C=O) groups excluding carboxylic acids is 1. The first kappa shape index (κ1) is 16.7. The van der Waals surface area contributed by atoms with Gasteiger partial charge in [-0.1, -0.05) is 0 Å². The number of nitrogens with zero attached hydrogens (tertiary/aromatic N) is 3. The van der Waals surface area contributed by atoms with Gasteiger partial charge in [0.25, 0.3) is 5.56 Å². The number of aromatic nitrogens is 4. The Kier molecular flexibility index (Phi) is 5.12. The number of amides is 1. The van der Waals surface area contributed by atoms with Crippen molar-refractivity contribution >= 4 is 5.91 Å². The van der Waals surface area contributed by atoms with E-state index in [0.29, 0.717) is 5.56 Å². The Morgan fingerprint density at radius 2 is 2.22 bits per heavy atom. The van der Waals surface area contributed by atoms with Gasteiger partial charge in [-0.15, -0.1) is 0 Å². The second kappa shape index (κ2) is 7.05. The fourth-order valence-electron chi connectivity index (χ4n) is 2.22. The van der Waals surface area contributed by atoms with E-state index in [0.717, 1.165) is 10.3 Å². The lowest BCUT2D eigenvalue weighted by Crippen LogP contribution is -2.39. The van der Waals surface area contributed by atoms with Crippen molar-refractivity contribution in [1.29, 1.82) is 0 Å². The highest BCUT2D eigenvalue weighted by Gasteiger charge is 2.18. The average Bonchev–Trinajstić information content (AvgIpc) is 2.90. The molecule has 9 heteroatoms. The van der Waals surface area contributed by atoms with Gasteiger partial charge in [-0.25, -0.2) is 4.79 Å². The van der Waals surface area contributed by atoms with Gasteiger partial charge in [-0.3, -0.25) is 23.8 Å². The molecule has 0 fully saturated rings. The Bertz CT molecular complexity index is 804. The Morgan fingerprint density at radius 3 is 2.83 bits per heavy atom. The van der Waals surface area contributed by atoms with Crippen LogP contribution in [-0.2, 0) is 23.1 Å². The molecule has 9 nitrogen and oxygen atoms in total. The summed E-state index contributed by atoms with van der Waals surface area (Å²) in [6, 6.07) is 1.39. The zero-order valence-electron chi connectivity index (χ0n) is 13.2. The van der Waals surface area contributed by atoms with Crippen LogP contribution < -0.4 is 16.6 Å². The van der Waals surface area contributed by atoms with Gasteiger partial charge in [0.15, 0.2) is 0 Å². The molecule has 0 aliphatic heterocycles. The third kappa shape index (κ3) is 3.95. The van der Waals surface area contributed by atoms with Gasteiger partial charge in [0.2, 0.25) is 5.91 Å². The number of aryl methyl sites for hydroxylation is 2. The molecular weight excluding hydrogens is 302 g/mol. The summed E-state index contributed by atoms with van der Waals surface area (Å²) < 4.78 is 7.91. The minimum Gasteiger partial charge on any atom is -0.382 e. The lowest BCUT2D eigenvalue weighted by atomic mass is 10.2. The van der Waals surface area contributed by atoms with Crippen molar-refractivity contribution in [3.05, 3.63) is 50.6 Å². The van der Waals surface area contributed by atoms with Crippen LogP contribution in [0.3, 0.4) is 0 Å². The summed E-state index contributed by atoms with van der Waals surface area (Å²) in [4.78, 5) is 37.4. The smallest absolute Gasteiger partial charge is 0.328 e. The van der Waals surface area contributed by atoms with Gasteiger partial charge in [-0.05, 0) is 13.0 Å². The first-order valence-electron chi connectivity index (χ1n) is 6.99. The number of nitrogens with one attached hydrogen (secondary N) is 2. The predicted molar refractivity (Wildman–Crippen MR) is 82.0 cm³/mol. The Labute approximate surface area is 131 Å². The molecule has 0 unspecified atom stereocenters. The molecule has 0 saturated carbocycles. The van der Waals surface area contributed by atoms with Crippen molar-refractivity contribution in [2.45, 2.75) is 19.5 Å². The van der Waals surface area contributed by atoms with Gasteiger partial charge >= 0.3 is 5.69 Å². The van der Waals surface area contributed by atoms with Crippen molar-refractivity contribution in [2.75, 3.05) is 13.7 Å². The first-order chi connectivity index (χ1) is 10.9. The quantitative estimate of drug-likeness (QED) is 0.715. The van der Waals surface area contributed by atoms with Crippen LogP contribution in [0.5, 0.6) is 0 Å². The van der Waals surface area contributed by atoms with Crippen molar-refractivity contribution < 1.29 is 9.53 Å². The monoisotopic (exact) mass is 321 g/mol. The fourth-order valence-corrected chi connectivity index (χ4v) is 2.22. The molecule has 124 valence electrons. The zero-order chi connectivity index (χ0) is 17.0. The topological polar surface area (TPSA) is 111 Å². The maximum absolute atomic E-state index is 12.2. The van der Waals surface area contributed by atoms with Gasteiger partial charge in [-0.2, -0.15) is 5.10 Å². The highest BCUT2D eigenvalue weighted by atomic mass is 16.5. The van der Waals surface area contributed by atoms with Crippen LogP contribution in [0.4, 0.5) is 0 Å². The van der Waals surface area contributed by atoms with Gasteiger partial charge in [0, 0.05) is 32.1 Å². The lowest BCUT2D eigenvalue weighted by Gasteiger charge is -2.18. The molecular formula is C14H19N5O4. The van der Waals surface area contributed by atoms with E-state index in [1.807, 2.05) is 0 Å². The number of hydrogen-bond donors (Lipinski definition) is 2. The third-order valence-electron chi connectivity index (χ3n) is 3.39. The van der Waals surface area contributed by atoms with Crippen LogP contribution in [-0.4, -0.2) is 39.0 Å². The van der Waals surface area contributed by atoms with E-state index in [1.165, 1.54) is 13.3 Å². The van der Waals surface area contributed by atoms with Crippen molar-refractivity contribution in [3.63, 3.8) is 0 Å². The maximum Gasteiger partial charge on any atom is 0.328 e. The summed E-state index contributed by atoms with van der Waals surface area (Å²) >= 11 is 0. The third-order valence-corrected chi connectivity index (χ3v) is 3.39. The molecule has 2 rings (SSSR count). The molecule has 0 aromatic carbocycles. The summed E-state index contributed by atoms with van der Waals surface area (Å²) in [5.41, 5.74) is 0.0565. The highest BCUT2D eigenvalue weighted by molar-refractivity contribution is 5.76. The Hall–Kier alpha value is -2.68. The van der Waals surface area contributed by atoms with E-state index >= 15 is 0 Å². The van der Waals surface area contributed by atoms with E-state index in [-0.39, 0.29) is 25.1 Å². The van der Waals surface area contributed by atoms with Gasteiger partial charge in [0.05, 0.1) is 18.3 Å². The van der Waals surface area contributed by atoms with Crippen molar-refractivity contribution in [3.8, 4) is 0 Å². The molecule has 2 aromatic rings. The van der Waals surface area contributed by atoms with E-state index in [4.69, 9.17) is 4.74 Å².